The zero-order valence-corrected chi connectivity index (χ0v) is 12.7. The van der Waals surface area contributed by atoms with Gasteiger partial charge < -0.3 is 11.1 Å². The first kappa shape index (κ1) is 14.3. The van der Waals surface area contributed by atoms with E-state index in [1.54, 1.807) is 6.92 Å². The number of thiophene rings is 1. The summed E-state index contributed by atoms with van der Waals surface area (Å²) in [6.45, 7) is 2.47. The molecule has 7 heteroatoms. The summed E-state index contributed by atoms with van der Waals surface area (Å²) in [6, 6.07) is 0. The molecule has 0 aromatic carbocycles. The zero-order chi connectivity index (χ0) is 14.2. The summed E-state index contributed by atoms with van der Waals surface area (Å²) in [7, 11) is -3.44. The van der Waals surface area contributed by atoms with Gasteiger partial charge in [-0.25, -0.2) is 8.42 Å². The number of carbonyl (C=O) groups is 1. The Morgan fingerprint density at radius 3 is 2.58 bits per heavy atom. The molecule has 2 rings (SSSR count). The summed E-state index contributed by atoms with van der Waals surface area (Å²) < 4.78 is 23.7. The minimum absolute atomic E-state index is 0.0787. The SMILES string of the molecule is CCC(=O)c1sc(NCC2CC2)c(S(C)(=O)=O)c1N. The van der Waals surface area contributed by atoms with Crippen molar-refractivity contribution in [2.75, 3.05) is 23.9 Å². The maximum Gasteiger partial charge on any atom is 0.180 e. The Balaban J connectivity index is 2.41. The molecule has 0 saturated heterocycles. The lowest BCUT2D eigenvalue weighted by Gasteiger charge is -2.05. The Labute approximate surface area is 117 Å². The highest BCUT2D eigenvalue weighted by molar-refractivity contribution is 7.91. The molecule has 1 fully saturated rings. The number of anilines is 2. The number of carbonyl (C=O) groups excluding carboxylic acids is 1. The molecule has 106 valence electrons. The lowest BCUT2D eigenvalue weighted by atomic mass is 10.2. The number of nitrogens with one attached hydrogen (secondary N) is 1. The van der Waals surface area contributed by atoms with E-state index in [4.69, 9.17) is 5.73 Å². The average Bonchev–Trinajstić information content (AvgIpc) is 3.08. The highest BCUT2D eigenvalue weighted by Crippen LogP contribution is 2.40. The lowest BCUT2D eigenvalue weighted by Crippen LogP contribution is -2.08. The molecule has 0 unspecified atom stereocenters. The third-order valence-corrected chi connectivity index (χ3v) is 5.59. The van der Waals surface area contributed by atoms with Crippen LogP contribution in [0.3, 0.4) is 0 Å². The lowest BCUT2D eigenvalue weighted by molar-refractivity contribution is 0.0992. The molecule has 1 aliphatic carbocycles. The Kier molecular flexibility index (Phi) is 3.87. The van der Waals surface area contributed by atoms with Crippen molar-refractivity contribution in [1.82, 2.24) is 0 Å². The third-order valence-electron chi connectivity index (χ3n) is 3.09. The topological polar surface area (TPSA) is 89.3 Å². The molecule has 0 amide bonds. The summed E-state index contributed by atoms with van der Waals surface area (Å²) in [5.74, 6) is 0.493. The second-order valence-corrected chi connectivity index (χ2v) is 7.85. The minimum Gasteiger partial charge on any atom is -0.396 e. The van der Waals surface area contributed by atoms with E-state index in [2.05, 4.69) is 5.32 Å². The molecule has 0 aliphatic heterocycles. The van der Waals surface area contributed by atoms with Crippen molar-refractivity contribution >= 4 is 37.6 Å². The fourth-order valence-electron chi connectivity index (χ4n) is 1.84. The molecule has 5 nitrogen and oxygen atoms in total. The number of hydrogen-bond acceptors (Lipinski definition) is 6. The number of sulfone groups is 1. The van der Waals surface area contributed by atoms with Crippen LogP contribution in [0.15, 0.2) is 4.90 Å². The molecular weight excluding hydrogens is 284 g/mol. The van der Waals surface area contributed by atoms with Crippen molar-refractivity contribution in [2.45, 2.75) is 31.1 Å². The quantitative estimate of drug-likeness (QED) is 0.786. The summed E-state index contributed by atoms with van der Waals surface area (Å²) >= 11 is 1.15. The van der Waals surface area contributed by atoms with Crippen LogP contribution >= 0.6 is 11.3 Å². The van der Waals surface area contributed by atoms with Gasteiger partial charge in [-0.3, -0.25) is 4.79 Å². The van der Waals surface area contributed by atoms with Crippen molar-refractivity contribution in [3.8, 4) is 0 Å². The fourth-order valence-corrected chi connectivity index (χ4v) is 4.43. The van der Waals surface area contributed by atoms with Gasteiger partial charge >= 0.3 is 0 Å². The molecule has 0 radical (unpaired) electrons. The maximum absolute atomic E-state index is 11.8. The summed E-state index contributed by atoms with van der Waals surface area (Å²) in [5.41, 5.74) is 5.95. The molecule has 1 saturated carbocycles. The summed E-state index contributed by atoms with van der Waals surface area (Å²) in [6.07, 6.45) is 3.77. The molecule has 19 heavy (non-hydrogen) atoms. The van der Waals surface area contributed by atoms with E-state index in [-0.39, 0.29) is 16.4 Å². The van der Waals surface area contributed by atoms with Gasteiger partial charge in [-0.15, -0.1) is 11.3 Å². The van der Waals surface area contributed by atoms with E-state index in [9.17, 15) is 13.2 Å². The maximum atomic E-state index is 11.8. The largest absolute Gasteiger partial charge is 0.396 e. The Morgan fingerprint density at radius 1 is 1.47 bits per heavy atom. The molecule has 0 bridgehead atoms. The first-order valence-corrected chi connectivity index (χ1v) is 8.94. The van der Waals surface area contributed by atoms with Gasteiger partial charge in [0.2, 0.25) is 0 Å². The molecule has 3 N–H and O–H groups in total. The third kappa shape index (κ3) is 3.09. The van der Waals surface area contributed by atoms with Crippen molar-refractivity contribution in [2.24, 2.45) is 5.92 Å². The molecule has 0 atom stereocenters. The van der Waals surface area contributed by atoms with E-state index in [1.807, 2.05) is 0 Å². The fraction of sp³-hybridized carbons (Fsp3) is 0.583. The van der Waals surface area contributed by atoms with Crippen molar-refractivity contribution in [3.05, 3.63) is 4.88 Å². The van der Waals surface area contributed by atoms with Crippen LogP contribution < -0.4 is 11.1 Å². The second-order valence-electron chi connectivity index (χ2n) is 4.88. The van der Waals surface area contributed by atoms with Gasteiger partial charge in [-0.2, -0.15) is 0 Å². The molecule has 1 aliphatic rings. The molecule has 1 aromatic rings. The molecular formula is C12H18N2O3S2. The number of rotatable bonds is 6. The van der Waals surface area contributed by atoms with Crippen LogP contribution in [0.2, 0.25) is 0 Å². The van der Waals surface area contributed by atoms with E-state index >= 15 is 0 Å². The minimum atomic E-state index is -3.44. The van der Waals surface area contributed by atoms with Crippen LogP contribution in [0.5, 0.6) is 0 Å². The first-order valence-electron chi connectivity index (χ1n) is 6.24. The standard InChI is InChI=1S/C12H18N2O3S2/c1-3-8(15)10-9(13)11(19(2,16)17)12(18-10)14-6-7-4-5-7/h7,14H,3-6,13H2,1-2H3. The van der Waals surface area contributed by atoms with Crippen LogP contribution in [-0.2, 0) is 9.84 Å². The average molecular weight is 302 g/mol. The number of Topliss-reactive ketones (excluding diaryl/α,β-unsaturated/α-hetero) is 1. The zero-order valence-electron chi connectivity index (χ0n) is 11.0. The number of ketones is 1. The van der Waals surface area contributed by atoms with Gasteiger partial charge in [-0.05, 0) is 18.8 Å². The Bertz CT molecular complexity index is 601. The van der Waals surface area contributed by atoms with Gasteiger partial charge in [0.1, 0.15) is 9.90 Å². The van der Waals surface area contributed by atoms with Crippen LogP contribution in [0.1, 0.15) is 35.9 Å². The van der Waals surface area contributed by atoms with E-state index in [1.165, 1.54) is 12.8 Å². The van der Waals surface area contributed by atoms with Crippen LogP contribution in [-0.4, -0.2) is 27.0 Å². The van der Waals surface area contributed by atoms with Crippen LogP contribution in [0.25, 0.3) is 0 Å². The summed E-state index contributed by atoms with van der Waals surface area (Å²) in [4.78, 5) is 12.2. The Hall–Kier alpha value is -1.08. The summed E-state index contributed by atoms with van der Waals surface area (Å²) in [5, 5.41) is 3.63. The van der Waals surface area contributed by atoms with Crippen molar-refractivity contribution in [1.29, 1.82) is 0 Å². The highest BCUT2D eigenvalue weighted by Gasteiger charge is 2.28. The smallest absolute Gasteiger partial charge is 0.180 e. The van der Waals surface area contributed by atoms with Gasteiger partial charge in [0, 0.05) is 19.2 Å². The van der Waals surface area contributed by atoms with E-state index < -0.39 is 9.84 Å². The second kappa shape index (κ2) is 5.13. The van der Waals surface area contributed by atoms with Gasteiger partial charge in [0.25, 0.3) is 0 Å². The molecule has 1 aromatic heterocycles. The van der Waals surface area contributed by atoms with Gasteiger partial charge in [0.15, 0.2) is 15.6 Å². The molecule has 0 spiro atoms. The molecule has 1 heterocycles. The number of nitrogen functional groups attached to an aromatic ring is 1. The number of hydrogen-bond donors (Lipinski definition) is 2. The highest BCUT2D eigenvalue weighted by atomic mass is 32.2. The normalized spacial score (nSPS) is 15.5. The predicted octanol–water partition coefficient (Wildman–Crippen LogP) is 2.15. The first-order chi connectivity index (χ1) is 8.84. The number of nitrogens with two attached hydrogens (primary N) is 1. The van der Waals surface area contributed by atoms with E-state index in [0.29, 0.717) is 22.2 Å². The predicted molar refractivity (Wildman–Crippen MR) is 77.7 cm³/mol. The van der Waals surface area contributed by atoms with Crippen LogP contribution in [0.4, 0.5) is 10.7 Å². The monoisotopic (exact) mass is 302 g/mol. The van der Waals surface area contributed by atoms with Crippen molar-refractivity contribution in [3.63, 3.8) is 0 Å². The Morgan fingerprint density at radius 2 is 2.11 bits per heavy atom. The van der Waals surface area contributed by atoms with Gasteiger partial charge in [0.05, 0.1) is 10.6 Å². The van der Waals surface area contributed by atoms with E-state index in [0.717, 1.165) is 24.1 Å². The van der Waals surface area contributed by atoms with Crippen molar-refractivity contribution < 1.29 is 13.2 Å². The van der Waals surface area contributed by atoms with Gasteiger partial charge in [-0.1, -0.05) is 6.92 Å². The van der Waals surface area contributed by atoms with Crippen LogP contribution in [0, 0.1) is 5.92 Å².